The zero-order valence-electron chi connectivity index (χ0n) is 11.1. The molecular formula is C13H11ClF3N3OS. The van der Waals surface area contributed by atoms with Crippen LogP contribution in [0.25, 0.3) is 5.69 Å². The fourth-order valence-corrected chi connectivity index (χ4v) is 2.59. The van der Waals surface area contributed by atoms with Gasteiger partial charge in [0.15, 0.2) is 5.16 Å². The first-order valence-corrected chi connectivity index (χ1v) is 7.47. The van der Waals surface area contributed by atoms with Gasteiger partial charge in [-0.3, -0.25) is 9.36 Å². The largest absolute Gasteiger partial charge is 0.405 e. The molecule has 0 radical (unpaired) electrons. The van der Waals surface area contributed by atoms with Crippen LogP contribution in [-0.2, 0) is 4.79 Å². The summed E-state index contributed by atoms with van der Waals surface area (Å²) in [7, 11) is 0. The Morgan fingerprint density at radius 1 is 1.41 bits per heavy atom. The number of alkyl halides is 3. The Labute approximate surface area is 133 Å². The molecule has 1 amide bonds. The SMILES string of the molecule is O=C(CSc1nccn1-c1cccc(Cl)c1)NCC(F)(F)F. The summed E-state index contributed by atoms with van der Waals surface area (Å²) in [6.07, 6.45) is -1.20. The maximum atomic E-state index is 12.0. The first-order chi connectivity index (χ1) is 10.3. The van der Waals surface area contributed by atoms with Crippen LogP contribution in [-0.4, -0.2) is 33.9 Å². The van der Waals surface area contributed by atoms with Gasteiger partial charge in [0.05, 0.1) is 5.75 Å². The topological polar surface area (TPSA) is 46.9 Å². The standard InChI is InChI=1S/C13H11ClF3N3OS/c14-9-2-1-3-10(6-9)20-5-4-18-12(20)22-7-11(21)19-8-13(15,16)17/h1-6H,7-8H2,(H,19,21). The van der Waals surface area contributed by atoms with Crippen molar-refractivity contribution in [3.05, 3.63) is 41.7 Å². The van der Waals surface area contributed by atoms with Gasteiger partial charge in [-0.25, -0.2) is 4.98 Å². The van der Waals surface area contributed by atoms with E-state index in [-0.39, 0.29) is 5.75 Å². The van der Waals surface area contributed by atoms with Crippen molar-refractivity contribution >= 4 is 29.3 Å². The molecule has 0 saturated carbocycles. The Kier molecular flexibility index (Phi) is 5.36. The Morgan fingerprint density at radius 2 is 2.18 bits per heavy atom. The van der Waals surface area contributed by atoms with Crippen molar-refractivity contribution in [1.82, 2.24) is 14.9 Å². The molecule has 1 N–H and O–H groups in total. The quantitative estimate of drug-likeness (QED) is 0.843. The maximum Gasteiger partial charge on any atom is 0.405 e. The number of hydrogen-bond donors (Lipinski definition) is 1. The molecule has 1 aromatic heterocycles. The monoisotopic (exact) mass is 349 g/mol. The number of aromatic nitrogens is 2. The second kappa shape index (κ2) is 7.06. The van der Waals surface area contributed by atoms with E-state index in [1.165, 1.54) is 6.20 Å². The lowest BCUT2D eigenvalue weighted by molar-refractivity contribution is -0.136. The van der Waals surface area contributed by atoms with Crippen molar-refractivity contribution in [2.75, 3.05) is 12.3 Å². The van der Waals surface area contributed by atoms with Crippen molar-refractivity contribution in [3.63, 3.8) is 0 Å². The fraction of sp³-hybridized carbons (Fsp3) is 0.231. The molecule has 0 aliphatic heterocycles. The van der Waals surface area contributed by atoms with E-state index >= 15 is 0 Å². The minimum absolute atomic E-state index is 0.159. The average Bonchev–Trinajstić information content (AvgIpc) is 2.90. The molecule has 0 spiro atoms. The number of carbonyl (C=O) groups is 1. The zero-order chi connectivity index (χ0) is 16.2. The number of carbonyl (C=O) groups excluding carboxylic acids is 1. The molecule has 0 unspecified atom stereocenters. The summed E-state index contributed by atoms with van der Waals surface area (Å²) >= 11 is 6.96. The van der Waals surface area contributed by atoms with Crippen molar-refractivity contribution in [2.45, 2.75) is 11.3 Å². The van der Waals surface area contributed by atoms with E-state index in [1.807, 2.05) is 5.32 Å². The van der Waals surface area contributed by atoms with Gasteiger partial charge in [-0.2, -0.15) is 13.2 Å². The summed E-state index contributed by atoms with van der Waals surface area (Å²) in [5.74, 6) is -0.865. The van der Waals surface area contributed by atoms with Crippen LogP contribution < -0.4 is 5.32 Å². The van der Waals surface area contributed by atoms with Gasteiger partial charge in [-0.15, -0.1) is 0 Å². The Morgan fingerprint density at radius 3 is 2.86 bits per heavy atom. The lowest BCUT2D eigenvalue weighted by atomic mass is 10.3. The number of benzene rings is 1. The zero-order valence-corrected chi connectivity index (χ0v) is 12.7. The summed E-state index contributed by atoms with van der Waals surface area (Å²) in [6.45, 7) is -1.34. The first-order valence-electron chi connectivity index (χ1n) is 6.11. The highest BCUT2D eigenvalue weighted by molar-refractivity contribution is 7.99. The molecule has 22 heavy (non-hydrogen) atoms. The molecule has 2 rings (SSSR count). The predicted octanol–water partition coefficient (Wildman–Crippen LogP) is 3.30. The van der Waals surface area contributed by atoms with Gasteiger partial charge >= 0.3 is 6.18 Å². The number of nitrogens with zero attached hydrogens (tertiary/aromatic N) is 2. The number of nitrogens with one attached hydrogen (secondary N) is 1. The van der Waals surface area contributed by atoms with Crippen LogP contribution >= 0.6 is 23.4 Å². The van der Waals surface area contributed by atoms with Crippen LogP contribution in [0.2, 0.25) is 5.02 Å². The smallest absolute Gasteiger partial charge is 0.346 e. The van der Waals surface area contributed by atoms with Gasteiger partial charge in [0.2, 0.25) is 5.91 Å². The van der Waals surface area contributed by atoms with Crippen LogP contribution in [0.4, 0.5) is 13.2 Å². The van der Waals surface area contributed by atoms with Gasteiger partial charge in [0.1, 0.15) is 6.54 Å². The second-order valence-electron chi connectivity index (χ2n) is 4.24. The van der Waals surface area contributed by atoms with E-state index in [1.54, 1.807) is 35.0 Å². The highest BCUT2D eigenvalue weighted by Gasteiger charge is 2.27. The van der Waals surface area contributed by atoms with Crippen molar-refractivity contribution in [1.29, 1.82) is 0 Å². The van der Waals surface area contributed by atoms with Gasteiger partial charge in [-0.1, -0.05) is 29.4 Å². The Bertz CT molecular complexity index is 660. The molecule has 0 saturated heterocycles. The average molecular weight is 350 g/mol. The van der Waals surface area contributed by atoms with Gasteiger partial charge in [0, 0.05) is 23.1 Å². The van der Waals surface area contributed by atoms with E-state index in [4.69, 9.17) is 11.6 Å². The van der Waals surface area contributed by atoms with Crippen LogP contribution in [0.3, 0.4) is 0 Å². The Hall–Kier alpha value is -1.67. The molecule has 0 bridgehead atoms. The van der Waals surface area contributed by atoms with E-state index in [9.17, 15) is 18.0 Å². The molecule has 0 atom stereocenters. The first kappa shape index (κ1) is 16.7. The van der Waals surface area contributed by atoms with Gasteiger partial charge in [-0.05, 0) is 18.2 Å². The lowest BCUT2D eigenvalue weighted by Crippen LogP contribution is -2.34. The summed E-state index contributed by atoms with van der Waals surface area (Å²) in [5.41, 5.74) is 0.753. The van der Waals surface area contributed by atoms with Crippen molar-refractivity contribution < 1.29 is 18.0 Å². The molecule has 0 aliphatic rings. The van der Waals surface area contributed by atoms with Crippen LogP contribution in [0.5, 0.6) is 0 Å². The van der Waals surface area contributed by atoms with E-state index < -0.39 is 18.6 Å². The third-order valence-corrected chi connectivity index (χ3v) is 3.71. The predicted molar refractivity (Wildman–Crippen MR) is 78.4 cm³/mol. The molecule has 9 heteroatoms. The minimum atomic E-state index is -4.42. The highest BCUT2D eigenvalue weighted by atomic mass is 35.5. The summed E-state index contributed by atoms with van der Waals surface area (Å²) in [5, 5.41) is 2.85. The van der Waals surface area contributed by atoms with E-state index in [0.29, 0.717) is 10.2 Å². The third-order valence-electron chi connectivity index (χ3n) is 2.51. The normalized spacial score (nSPS) is 11.5. The fourth-order valence-electron chi connectivity index (χ4n) is 1.60. The van der Waals surface area contributed by atoms with E-state index in [2.05, 4.69) is 4.98 Å². The molecule has 0 fully saturated rings. The van der Waals surface area contributed by atoms with Crippen molar-refractivity contribution in [2.24, 2.45) is 0 Å². The minimum Gasteiger partial charge on any atom is -0.346 e. The summed E-state index contributed by atoms with van der Waals surface area (Å²) in [4.78, 5) is 15.5. The Balaban J connectivity index is 1.98. The highest BCUT2D eigenvalue weighted by Crippen LogP contribution is 2.22. The summed E-state index contributed by atoms with van der Waals surface area (Å²) in [6, 6.07) is 7.01. The van der Waals surface area contributed by atoms with Crippen LogP contribution in [0.15, 0.2) is 41.8 Å². The molecule has 1 aromatic carbocycles. The lowest BCUT2D eigenvalue weighted by Gasteiger charge is -2.09. The van der Waals surface area contributed by atoms with Gasteiger partial charge in [0.25, 0.3) is 0 Å². The number of amides is 1. The molecule has 0 aliphatic carbocycles. The second-order valence-corrected chi connectivity index (χ2v) is 5.62. The third kappa shape index (κ3) is 4.96. The number of imidazole rings is 1. The van der Waals surface area contributed by atoms with Crippen LogP contribution in [0, 0.1) is 0 Å². The van der Waals surface area contributed by atoms with Crippen molar-refractivity contribution in [3.8, 4) is 5.69 Å². The molecule has 1 heterocycles. The number of thioether (sulfide) groups is 1. The van der Waals surface area contributed by atoms with E-state index in [0.717, 1.165) is 17.4 Å². The maximum absolute atomic E-state index is 12.0. The molecule has 2 aromatic rings. The molecule has 118 valence electrons. The van der Waals surface area contributed by atoms with Crippen LogP contribution in [0.1, 0.15) is 0 Å². The van der Waals surface area contributed by atoms with Gasteiger partial charge < -0.3 is 5.32 Å². The summed E-state index contributed by atoms with van der Waals surface area (Å²) < 4.78 is 37.7. The number of hydrogen-bond acceptors (Lipinski definition) is 3. The molecular weight excluding hydrogens is 339 g/mol. The number of halogens is 4. The molecule has 4 nitrogen and oxygen atoms in total. The number of rotatable bonds is 5.